The topological polar surface area (TPSA) is 24.9 Å². The Morgan fingerprint density at radius 3 is 2.28 bits per heavy atom. The number of benzene rings is 1. The molecule has 2 nitrogen and oxygen atoms in total. The highest BCUT2D eigenvalue weighted by molar-refractivity contribution is 6.66. The standard InChI is InChI=1S/C13H11Cl3N2/c14-13(15,16)10-4-6-11(7-5-10)18-9-12-3-1-2-8-17-12/h1-8,18H,9H2. The first-order chi connectivity index (χ1) is 8.55. The van der Waals surface area contributed by atoms with Crippen molar-refractivity contribution in [2.45, 2.75) is 10.3 Å². The Balaban J connectivity index is 1.99. The molecule has 18 heavy (non-hydrogen) atoms. The van der Waals surface area contributed by atoms with E-state index in [4.69, 9.17) is 34.8 Å². The lowest BCUT2D eigenvalue weighted by Gasteiger charge is -2.12. The molecule has 1 N–H and O–H groups in total. The lowest BCUT2D eigenvalue weighted by atomic mass is 10.2. The van der Waals surface area contributed by atoms with Crippen molar-refractivity contribution < 1.29 is 0 Å². The lowest BCUT2D eigenvalue weighted by molar-refractivity contribution is 1.04. The van der Waals surface area contributed by atoms with Crippen LogP contribution in [0, 0.1) is 0 Å². The van der Waals surface area contributed by atoms with Gasteiger partial charge in [-0.15, -0.1) is 0 Å². The highest BCUT2D eigenvalue weighted by atomic mass is 35.6. The predicted molar refractivity (Wildman–Crippen MR) is 77.2 cm³/mol. The summed E-state index contributed by atoms with van der Waals surface area (Å²) >= 11 is 17.4. The van der Waals surface area contributed by atoms with Gasteiger partial charge in [-0.05, 0) is 24.3 Å². The Bertz CT molecular complexity index is 492. The number of alkyl halides is 3. The van der Waals surface area contributed by atoms with Crippen molar-refractivity contribution in [3.63, 3.8) is 0 Å². The fourth-order valence-electron chi connectivity index (χ4n) is 1.47. The molecule has 0 radical (unpaired) electrons. The van der Waals surface area contributed by atoms with Crippen LogP contribution in [-0.4, -0.2) is 4.98 Å². The molecule has 0 saturated carbocycles. The second kappa shape index (κ2) is 5.79. The van der Waals surface area contributed by atoms with E-state index in [2.05, 4.69) is 10.3 Å². The zero-order chi connectivity index (χ0) is 13.0. The number of rotatable bonds is 3. The van der Waals surface area contributed by atoms with E-state index in [-0.39, 0.29) is 0 Å². The zero-order valence-electron chi connectivity index (χ0n) is 9.41. The molecule has 0 spiro atoms. The van der Waals surface area contributed by atoms with Gasteiger partial charge in [-0.3, -0.25) is 4.98 Å². The fraction of sp³-hybridized carbons (Fsp3) is 0.154. The Hall–Kier alpha value is -0.960. The van der Waals surface area contributed by atoms with Crippen LogP contribution in [0.5, 0.6) is 0 Å². The van der Waals surface area contributed by atoms with E-state index in [1.54, 1.807) is 18.3 Å². The quantitative estimate of drug-likeness (QED) is 0.843. The number of anilines is 1. The van der Waals surface area contributed by atoms with Crippen LogP contribution in [0.25, 0.3) is 0 Å². The molecule has 2 aromatic rings. The van der Waals surface area contributed by atoms with E-state index in [1.165, 1.54) is 0 Å². The third kappa shape index (κ3) is 3.77. The lowest BCUT2D eigenvalue weighted by Crippen LogP contribution is -2.03. The van der Waals surface area contributed by atoms with Gasteiger partial charge in [-0.25, -0.2) is 0 Å². The molecule has 1 heterocycles. The average Bonchev–Trinajstić information content (AvgIpc) is 2.37. The molecular formula is C13H11Cl3N2. The third-order valence-corrected chi connectivity index (χ3v) is 3.07. The van der Waals surface area contributed by atoms with Crippen molar-refractivity contribution in [2.24, 2.45) is 0 Å². The molecule has 0 saturated heterocycles. The summed E-state index contributed by atoms with van der Waals surface area (Å²) in [7, 11) is 0. The molecule has 0 fully saturated rings. The van der Waals surface area contributed by atoms with E-state index in [0.717, 1.165) is 11.4 Å². The second-order valence-corrected chi connectivity index (χ2v) is 6.03. The minimum atomic E-state index is -1.38. The van der Waals surface area contributed by atoms with Crippen molar-refractivity contribution in [1.82, 2.24) is 4.98 Å². The molecule has 5 heteroatoms. The van der Waals surface area contributed by atoms with Gasteiger partial charge in [-0.2, -0.15) is 0 Å². The number of hydrogen-bond donors (Lipinski definition) is 1. The van der Waals surface area contributed by atoms with Crippen LogP contribution in [0.4, 0.5) is 5.69 Å². The second-order valence-electron chi connectivity index (χ2n) is 3.75. The van der Waals surface area contributed by atoms with E-state index in [1.807, 2.05) is 30.3 Å². The maximum Gasteiger partial charge on any atom is 0.216 e. The summed E-state index contributed by atoms with van der Waals surface area (Å²) in [5.74, 6) is 0. The highest BCUT2D eigenvalue weighted by Gasteiger charge is 2.21. The van der Waals surface area contributed by atoms with Gasteiger partial charge in [0.2, 0.25) is 3.79 Å². The Morgan fingerprint density at radius 2 is 1.72 bits per heavy atom. The molecule has 2 rings (SSSR count). The minimum absolute atomic E-state index is 0.649. The summed E-state index contributed by atoms with van der Waals surface area (Å²) in [6.45, 7) is 0.661. The Labute approximate surface area is 121 Å². The van der Waals surface area contributed by atoms with Crippen LogP contribution >= 0.6 is 34.8 Å². The van der Waals surface area contributed by atoms with E-state index >= 15 is 0 Å². The molecule has 94 valence electrons. The summed E-state index contributed by atoms with van der Waals surface area (Å²) in [5, 5.41) is 3.25. The number of halogens is 3. The van der Waals surface area contributed by atoms with Gasteiger partial charge >= 0.3 is 0 Å². The monoisotopic (exact) mass is 300 g/mol. The zero-order valence-corrected chi connectivity index (χ0v) is 11.7. The summed E-state index contributed by atoms with van der Waals surface area (Å²) in [5.41, 5.74) is 2.58. The first kappa shape index (κ1) is 13.5. The van der Waals surface area contributed by atoms with Gasteiger partial charge in [0, 0.05) is 17.4 Å². The van der Waals surface area contributed by atoms with Gasteiger partial charge in [0.15, 0.2) is 0 Å². The predicted octanol–water partition coefficient (Wildman–Crippen LogP) is 4.52. The largest absolute Gasteiger partial charge is 0.379 e. The summed E-state index contributed by atoms with van der Waals surface area (Å²) < 4.78 is -1.38. The summed E-state index contributed by atoms with van der Waals surface area (Å²) in [4.78, 5) is 4.22. The van der Waals surface area contributed by atoms with Crippen molar-refractivity contribution in [2.75, 3.05) is 5.32 Å². The average molecular weight is 302 g/mol. The smallest absolute Gasteiger partial charge is 0.216 e. The molecule has 0 bridgehead atoms. The van der Waals surface area contributed by atoms with Crippen LogP contribution in [0.2, 0.25) is 0 Å². The molecule has 1 aromatic carbocycles. The first-order valence-corrected chi connectivity index (χ1v) is 6.50. The van der Waals surface area contributed by atoms with Crippen molar-refractivity contribution in [3.8, 4) is 0 Å². The van der Waals surface area contributed by atoms with Crippen LogP contribution in [0.15, 0.2) is 48.7 Å². The summed E-state index contributed by atoms with van der Waals surface area (Å²) in [6, 6.07) is 13.1. The normalized spacial score (nSPS) is 11.3. The van der Waals surface area contributed by atoms with Gasteiger partial charge in [-0.1, -0.05) is 53.0 Å². The van der Waals surface area contributed by atoms with E-state index in [0.29, 0.717) is 12.1 Å². The number of nitrogens with zero attached hydrogens (tertiary/aromatic N) is 1. The number of nitrogens with one attached hydrogen (secondary N) is 1. The van der Waals surface area contributed by atoms with Crippen LogP contribution in [-0.2, 0) is 10.3 Å². The molecule has 0 unspecified atom stereocenters. The fourth-order valence-corrected chi connectivity index (χ4v) is 1.85. The van der Waals surface area contributed by atoms with Crippen molar-refractivity contribution >= 4 is 40.5 Å². The number of aromatic nitrogens is 1. The molecule has 0 aliphatic carbocycles. The van der Waals surface area contributed by atoms with Crippen molar-refractivity contribution in [3.05, 3.63) is 59.9 Å². The summed E-state index contributed by atoms with van der Waals surface area (Å²) in [6.07, 6.45) is 1.77. The molecule has 0 amide bonds. The van der Waals surface area contributed by atoms with Crippen molar-refractivity contribution in [1.29, 1.82) is 0 Å². The van der Waals surface area contributed by atoms with Gasteiger partial charge < -0.3 is 5.32 Å². The molecular weight excluding hydrogens is 291 g/mol. The molecule has 0 aliphatic heterocycles. The highest BCUT2D eigenvalue weighted by Crippen LogP contribution is 2.38. The molecule has 1 aromatic heterocycles. The van der Waals surface area contributed by atoms with Crippen LogP contribution in [0.1, 0.15) is 11.3 Å². The van der Waals surface area contributed by atoms with Gasteiger partial charge in [0.25, 0.3) is 0 Å². The molecule has 0 atom stereocenters. The number of hydrogen-bond acceptors (Lipinski definition) is 2. The minimum Gasteiger partial charge on any atom is -0.379 e. The maximum atomic E-state index is 5.78. The Kier molecular flexibility index (Phi) is 4.33. The van der Waals surface area contributed by atoms with Crippen LogP contribution in [0.3, 0.4) is 0 Å². The van der Waals surface area contributed by atoms with Gasteiger partial charge in [0.1, 0.15) is 0 Å². The number of pyridine rings is 1. The van der Waals surface area contributed by atoms with E-state index in [9.17, 15) is 0 Å². The SMILES string of the molecule is ClC(Cl)(Cl)c1ccc(NCc2ccccn2)cc1. The first-order valence-electron chi connectivity index (χ1n) is 5.37. The Morgan fingerprint density at radius 1 is 1.00 bits per heavy atom. The van der Waals surface area contributed by atoms with Crippen LogP contribution < -0.4 is 5.32 Å². The third-order valence-electron chi connectivity index (χ3n) is 2.41. The van der Waals surface area contributed by atoms with E-state index < -0.39 is 3.79 Å². The maximum absolute atomic E-state index is 5.78. The van der Waals surface area contributed by atoms with Gasteiger partial charge in [0.05, 0.1) is 12.2 Å². The molecule has 0 aliphatic rings.